The summed E-state index contributed by atoms with van der Waals surface area (Å²) < 4.78 is 11.0. The average Bonchev–Trinajstić information content (AvgIpc) is 3.39. The number of anilines is 2. The van der Waals surface area contributed by atoms with Gasteiger partial charge in [-0.3, -0.25) is 14.4 Å². The largest absolute Gasteiger partial charge is 0.444 e. The maximum Gasteiger partial charge on any atom is 0.410 e. The molecule has 2 aliphatic rings. The van der Waals surface area contributed by atoms with Gasteiger partial charge in [-0.2, -0.15) is 29.2 Å². The van der Waals surface area contributed by atoms with E-state index in [4.69, 9.17) is 14.9 Å². The summed E-state index contributed by atoms with van der Waals surface area (Å²) in [5, 5.41) is 9.93. The summed E-state index contributed by atoms with van der Waals surface area (Å²) in [6.07, 6.45) is 0.998. The van der Waals surface area contributed by atoms with E-state index in [0.717, 1.165) is 64.8 Å². The quantitative estimate of drug-likeness (QED) is 0.140. The number of nitrogens with zero attached hydrogens (tertiary/aromatic N) is 10. The number of carbonyl (C=O) groups is 2. The van der Waals surface area contributed by atoms with Crippen LogP contribution in [0.5, 0.6) is 0 Å². The highest BCUT2D eigenvalue weighted by Crippen LogP contribution is 2.36. The predicted molar refractivity (Wildman–Crippen MR) is 304 cm³/mol. The van der Waals surface area contributed by atoms with Crippen molar-refractivity contribution in [3.63, 3.8) is 0 Å². The third-order valence-corrected chi connectivity index (χ3v) is 14.8. The number of ether oxygens (including phenoxy) is 1. The Morgan fingerprint density at radius 3 is 1.29 bits per heavy atom. The average molecular weight is 1130 g/mol. The Morgan fingerprint density at radius 1 is 0.547 bits per heavy atom. The molecule has 8 aromatic rings. The summed E-state index contributed by atoms with van der Waals surface area (Å²) in [6.45, 7) is 21.1. The van der Waals surface area contributed by atoms with Gasteiger partial charge >= 0.3 is 6.09 Å². The molecule has 0 bridgehead atoms. The smallest absolute Gasteiger partial charge is 0.410 e. The lowest BCUT2D eigenvalue weighted by atomic mass is 9.99. The van der Waals surface area contributed by atoms with Gasteiger partial charge < -0.3 is 24.3 Å². The van der Waals surface area contributed by atoms with Crippen LogP contribution in [0.25, 0.3) is 55.5 Å². The van der Waals surface area contributed by atoms with Crippen LogP contribution < -0.4 is 20.9 Å². The first-order valence-corrected chi connectivity index (χ1v) is 26.4. The fraction of sp³-hybridized carbons (Fsp3) is 0.276. The molecule has 0 spiro atoms. The number of rotatable bonds is 7. The molecule has 384 valence electrons. The van der Waals surface area contributed by atoms with Crippen molar-refractivity contribution in [3.8, 4) is 44.5 Å². The number of aryl methyl sites for hydroxylation is 4. The summed E-state index contributed by atoms with van der Waals surface area (Å²) in [5.74, 6) is 0.865. The van der Waals surface area contributed by atoms with Gasteiger partial charge in [0, 0.05) is 72.4 Å². The van der Waals surface area contributed by atoms with Gasteiger partial charge in [-0.15, -0.1) is 0 Å². The molecular weight excluding hydrogens is 1080 g/mol. The summed E-state index contributed by atoms with van der Waals surface area (Å²) in [5.41, 5.74) is 10.4. The monoisotopic (exact) mass is 1130 g/mol. The lowest BCUT2D eigenvalue weighted by Crippen LogP contribution is -2.51. The van der Waals surface area contributed by atoms with Crippen LogP contribution in [-0.2, 0) is 9.53 Å². The van der Waals surface area contributed by atoms with Gasteiger partial charge in [0.05, 0.1) is 33.5 Å². The highest BCUT2D eigenvalue weighted by molar-refractivity contribution is 9.11. The SMILES string of the molecule is C=CC(=O)N1CCN(c2nc(=O)c(-c3ccccc3C)c3cc(-c4ccccc4Br)c(C)nn23)CC1.Cc1ccccc1-c1c(=O)nc(N2CCN(C(=O)OC(C)(C)C)CC2)n2nc(C)c(-c3ccccc3Br)cc12. The van der Waals surface area contributed by atoms with E-state index in [2.05, 4.69) is 48.4 Å². The molecule has 6 heterocycles. The molecule has 2 aliphatic heterocycles. The molecule has 0 unspecified atom stereocenters. The van der Waals surface area contributed by atoms with E-state index in [1.54, 1.807) is 18.8 Å². The Kier molecular flexibility index (Phi) is 15.2. The van der Waals surface area contributed by atoms with Gasteiger partial charge in [-0.1, -0.05) is 123 Å². The zero-order chi connectivity index (χ0) is 53.3. The van der Waals surface area contributed by atoms with Crippen molar-refractivity contribution in [2.24, 2.45) is 0 Å². The maximum absolute atomic E-state index is 13.7. The molecule has 17 heteroatoms. The summed E-state index contributed by atoms with van der Waals surface area (Å²) in [4.78, 5) is 68.5. The molecule has 0 saturated carbocycles. The van der Waals surface area contributed by atoms with Gasteiger partial charge in [0.1, 0.15) is 5.60 Å². The van der Waals surface area contributed by atoms with Crippen molar-refractivity contribution >= 4 is 66.8 Å². The summed E-state index contributed by atoms with van der Waals surface area (Å²) >= 11 is 7.34. The van der Waals surface area contributed by atoms with E-state index in [1.807, 2.05) is 167 Å². The van der Waals surface area contributed by atoms with Crippen LogP contribution >= 0.6 is 31.9 Å². The second-order valence-corrected chi connectivity index (χ2v) is 21.3. The van der Waals surface area contributed by atoms with Gasteiger partial charge in [-0.05, 0) is 112 Å². The highest BCUT2D eigenvalue weighted by Gasteiger charge is 2.30. The lowest BCUT2D eigenvalue weighted by Gasteiger charge is -2.36. The standard InChI is InChI=1S/C30H32BrN5O3.C28H26BrN5O2/c1-19-10-6-7-11-21(19)26-25-18-23(22-12-8-9-13-24(22)31)20(2)33-36(25)28(32-27(26)37)34-14-16-35(17-15-34)29(38)39-30(3,4)5;1-4-25(35)32-13-15-33(16-14-32)28-30-27(36)26(20-10-6-5-9-18(20)2)24-17-22(19(3)31-34(24)28)21-11-7-8-12-23(21)29/h6-13,18H,14-17H2,1-5H3;4-12,17H,1,13-16H2,2-3H3. The third-order valence-electron chi connectivity index (χ3n) is 13.4. The van der Waals surface area contributed by atoms with Crippen LogP contribution in [0.4, 0.5) is 16.7 Å². The first kappa shape index (κ1) is 52.4. The second-order valence-electron chi connectivity index (χ2n) is 19.6. The Labute approximate surface area is 452 Å². The lowest BCUT2D eigenvalue weighted by molar-refractivity contribution is -0.126. The predicted octanol–water partition coefficient (Wildman–Crippen LogP) is 10.5. The van der Waals surface area contributed by atoms with Crippen LogP contribution in [0.2, 0.25) is 0 Å². The minimum Gasteiger partial charge on any atom is -0.444 e. The molecule has 15 nitrogen and oxygen atoms in total. The number of halogens is 2. The second kappa shape index (κ2) is 21.8. The van der Waals surface area contributed by atoms with E-state index < -0.39 is 5.60 Å². The number of aromatic nitrogens is 6. The molecule has 0 N–H and O–H groups in total. The first-order valence-electron chi connectivity index (χ1n) is 24.8. The Bertz CT molecular complexity index is 3650. The van der Waals surface area contributed by atoms with E-state index in [0.29, 0.717) is 86.4 Å². The van der Waals surface area contributed by atoms with E-state index >= 15 is 0 Å². The molecule has 0 radical (unpaired) electrons. The molecule has 10 rings (SSSR count). The van der Waals surface area contributed by atoms with E-state index in [1.165, 1.54) is 6.08 Å². The molecular formula is C58H58Br2N10O5. The van der Waals surface area contributed by atoms with Crippen molar-refractivity contribution in [2.45, 2.75) is 54.1 Å². The van der Waals surface area contributed by atoms with Crippen molar-refractivity contribution in [3.05, 3.63) is 174 Å². The molecule has 2 amide bonds. The minimum absolute atomic E-state index is 0.0911. The Balaban J connectivity index is 0.000000184. The summed E-state index contributed by atoms with van der Waals surface area (Å²) in [7, 11) is 0. The number of hydrogen-bond acceptors (Lipinski definition) is 11. The number of hydrogen-bond donors (Lipinski definition) is 0. The zero-order valence-corrected chi connectivity index (χ0v) is 46.3. The number of carbonyl (C=O) groups excluding carboxylic acids is 2. The maximum atomic E-state index is 13.7. The van der Waals surface area contributed by atoms with Crippen LogP contribution in [0.1, 0.15) is 43.3 Å². The van der Waals surface area contributed by atoms with Crippen LogP contribution in [0.3, 0.4) is 0 Å². The van der Waals surface area contributed by atoms with Gasteiger partial charge in [0.2, 0.25) is 17.8 Å². The van der Waals surface area contributed by atoms with Crippen molar-refractivity contribution < 1.29 is 14.3 Å². The summed E-state index contributed by atoms with van der Waals surface area (Å²) in [6, 6.07) is 35.7. The molecule has 4 aromatic carbocycles. The normalized spacial score (nSPS) is 13.9. The van der Waals surface area contributed by atoms with Crippen LogP contribution in [-0.4, -0.2) is 109 Å². The Hall–Kier alpha value is -7.50. The number of amides is 2. The topological polar surface area (TPSA) is 151 Å². The number of benzene rings is 4. The minimum atomic E-state index is -0.558. The van der Waals surface area contributed by atoms with Crippen molar-refractivity contribution in [2.75, 3.05) is 62.2 Å². The van der Waals surface area contributed by atoms with Gasteiger partial charge in [0.15, 0.2) is 0 Å². The number of fused-ring (bicyclic) bond motifs is 2. The molecule has 4 aromatic heterocycles. The molecule has 0 aliphatic carbocycles. The molecule has 0 atom stereocenters. The van der Waals surface area contributed by atoms with E-state index in [-0.39, 0.29) is 23.1 Å². The third kappa shape index (κ3) is 10.9. The highest BCUT2D eigenvalue weighted by atomic mass is 79.9. The van der Waals surface area contributed by atoms with E-state index in [9.17, 15) is 19.2 Å². The number of piperazine rings is 2. The van der Waals surface area contributed by atoms with Gasteiger partial charge in [-0.25, -0.2) is 4.79 Å². The van der Waals surface area contributed by atoms with Gasteiger partial charge in [0.25, 0.3) is 11.1 Å². The molecule has 75 heavy (non-hydrogen) atoms. The molecule has 2 fully saturated rings. The molecule has 2 saturated heterocycles. The fourth-order valence-corrected chi connectivity index (χ4v) is 10.6. The fourth-order valence-electron chi connectivity index (χ4n) is 9.59. The van der Waals surface area contributed by atoms with Crippen LogP contribution in [0.15, 0.2) is 140 Å². The van der Waals surface area contributed by atoms with Crippen LogP contribution in [0, 0.1) is 27.7 Å². The Morgan fingerprint density at radius 2 is 0.920 bits per heavy atom. The van der Waals surface area contributed by atoms with Crippen molar-refractivity contribution in [1.29, 1.82) is 0 Å². The first-order chi connectivity index (χ1) is 35.9. The van der Waals surface area contributed by atoms with Crippen molar-refractivity contribution in [1.82, 2.24) is 39.0 Å². The zero-order valence-electron chi connectivity index (χ0n) is 43.1.